The Kier molecular flexibility index (Phi) is 5.78. The summed E-state index contributed by atoms with van der Waals surface area (Å²) in [6.45, 7) is 9.96. The van der Waals surface area contributed by atoms with Crippen LogP contribution < -0.4 is 11.1 Å². The van der Waals surface area contributed by atoms with Gasteiger partial charge in [0.15, 0.2) is 0 Å². The number of imidazole rings is 2. The number of alkyl carbamates (subject to hydrolysis) is 1. The van der Waals surface area contributed by atoms with Crippen molar-refractivity contribution in [1.29, 1.82) is 0 Å². The summed E-state index contributed by atoms with van der Waals surface area (Å²) in [7, 11) is 0. The number of nitrogens with zero attached hydrogens (tertiary/aromatic N) is 2. The Balaban J connectivity index is 1.23. The van der Waals surface area contributed by atoms with Crippen LogP contribution in [0.1, 0.15) is 95.2 Å². The molecular weight excluding hydrogens is 488 g/mol. The molecule has 39 heavy (non-hydrogen) atoms. The van der Waals surface area contributed by atoms with E-state index >= 15 is 0 Å². The smallest absolute Gasteiger partial charge is 0.408 e. The molecule has 202 valence electrons. The van der Waals surface area contributed by atoms with Crippen molar-refractivity contribution in [1.82, 2.24) is 25.3 Å². The number of nitrogens with two attached hydrogens (primary N) is 1. The monoisotopic (exact) mass is 524 g/mol. The Morgan fingerprint density at radius 1 is 0.923 bits per heavy atom. The predicted octanol–water partition coefficient (Wildman–Crippen LogP) is 6.00. The number of benzene rings is 2. The van der Waals surface area contributed by atoms with E-state index in [9.17, 15) is 4.79 Å². The van der Waals surface area contributed by atoms with Crippen molar-refractivity contribution in [2.75, 3.05) is 0 Å². The normalized spacial score (nSPS) is 18.7. The number of hydrogen-bond donors (Lipinski definition) is 4. The minimum atomic E-state index is -0.563. The Hall–Kier alpha value is -3.83. The summed E-state index contributed by atoms with van der Waals surface area (Å²) in [5, 5.41) is 3.05. The van der Waals surface area contributed by atoms with Gasteiger partial charge in [-0.25, -0.2) is 14.8 Å². The molecule has 8 heteroatoms. The van der Waals surface area contributed by atoms with Crippen molar-refractivity contribution in [3.8, 4) is 11.8 Å². The van der Waals surface area contributed by atoms with Crippen LogP contribution in [0, 0.1) is 22.7 Å². The first kappa shape index (κ1) is 25.4. The van der Waals surface area contributed by atoms with Crippen molar-refractivity contribution in [3.63, 3.8) is 0 Å². The summed E-state index contributed by atoms with van der Waals surface area (Å²) in [4.78, 5) is 28.9. The van der Waals surface area contributed by atoms with Crippen LogP contribution in [0.4, 0.5) is 4.79 Å². The average Bonchev–Trinajstić information content (AvgIpc) is 3.70. The summed E-state index contributed by atoms with van der Waals surface area (Å²) in [6, 6.07) is 11.6. The number of hydrogen-bond acceptors (Lipinski definition) is 5. The maximum Gasteiger partial charge on any atom is 0.408 e. The van der Waals surface area contributed by atoms with Crippen molar-refractivity contribution < 1.29 is 9.53 Å². The number of ether oxygens (including phenoxy) is 1. The molecule has 0 spiro atoms. The highest BCUT2D eigenvalue weighted by Gasteiger charge is 2.48. The van der Waals surface area contributed by atoms with Crippen LogP contribution >= 0.6 is 0 Å². The zero-order valence-electron chi connectivity index (χ0n) is 23.2. The van der Waals surface area contributed by atoms with E-state index in [1.807, 2.05) is 57.2 Å². The van der Waals surface area contributed by atoms with Gasteiger partial charge in [-0.3, -0.25) is 0 Å². The highest BCUT2D eigenvalue weighted by molar-refractivity contribution is 5.79. The minimum absolute atomic E-state index is 0.0428. The molecule has 2 heterocycles. The topological polar surface area (TPSA) is 122 Å². The standard InChI is InChI=1S/C31H36N6O2/c1-29(2,3)39-28(38)37-25(31(5)14-15-31)27-34-21-11-9-19(17-23(21)36-27)7-6-18-8-10-20-22(16-18)35-26(33-20)24(32)30(4)12-13-30/h8-11,16-17,24-25H,12-15,32H2,1-5H3,(H,33,35)(H,34,36)(H,37,38). The van der Waals surface area contributed by atoms with Crippen LogP contribution in [0.25, 0.3) is 22.1 Å². The third kappa shape index (κ3) is 5.24. The molecule has 8 nitrogen and oxygen atoms in total. The maximum absolute atomic E-state index is 12.6. The lowest BCUT2D eigenvalue weighted by atomic mass is 9.98. The zero-order valence-corrected chi connectivity index (χ0v) is 23.2. The lowest BCUT2D eigenvalue weighted by Crippen LogP contribution is -2.38. The Bertz CT molecular complexity index is 1640. The molecule has 0 saturated heterocycles. The molecule has 2 saturated carbocycles. The molecule has 2 aromatic carbocycles. The number of amides is 1. The second-order valence-electron chi connectivity index (χ2n) is 12.8. The first-order valence-electron chi connectivity index (χ1n) is 13.7. The minimum Gasteiger partial charge on any atom is -0.444 e. The molecule has 4 aromatic rings. The van der Waals surface area contributed by atoms with Gasteiger partial charge in [0.05, 0.1) is 34.2 Å². The summed E-state index contributed by atoms with van der Waals surface area (Å²) in [6.07, 6.45) is 3.90. The third-order valence-electron chi connectivity index (χ3n) is 8.11. The van der Waals surface area contributed by atoms with E-state index in [0.29, 0.717) is 0 Å². The third-order valence-corrected chi connectivity index (χ3v) is 8.11. The fourth-order valence-electron chi connectivity index (χ4n) is 4.96. The molecular formula is C31H36N6O2. The maximum atomic E-state index is 12.6. The van der Waals surface area contributed by atoms with Gasteiger partial charge in [-0.1, -0.05) is 25.7 Å². The lowest BCUT2D eigenvalue weighted by molar-refractivity contribution is 0.0478. The van der Waals surface area contributed by atoms with Gasteiger partial charge in [0, 0.05) is 11.1 Å². The van der Waals surface area contributed by atoms with Crippen molar-refractivity contribution >= 4 is 28.2 Å². The van der Waals surface area contributed by atoms with Crippen molar-refractivity contribution in [3.05, 3.63) is 59.2 Å². The van der Waals surface area contributed by atoms with Crippen LogP contribution in [0.3, 0.4) is 0 Å². The molecule has 2 fully saturated rings. The number of rotatable bonds is 5. The molecule has 2 atom stereocenters. The SMILES string of the molecule is CC(C)(C)OC(=O)NC(c1nc2ccc(C#Cc3ccc4nc(C(N)C5(C)CC5)[nH]c4c3)cc2[nH]1)C1(C)CC1. The molecule has 0 radical (unpaired) electrons. The molecule has 5 N–H and O–H groups in total. The molecule has 2 aromatic heterocycles. The van der Waals surface area contributed by atoms with Crippen LogP contribution in [-0.4, -0.2) is 31.6 Å². The molecule has 2 aliphatic carbocycles. The van der Waals surface area contributed by atoms with Crippen molar-refractivity contribution in [2.24, 2.45) is 16.6 Å². The van der Waals surface area contributed by atoms with Gasteiger partial charge in [-0.15, -0.1) is 0 Å². The number of aromatic nitrogens is 4. The second kappa shape index (κ2) is 8.85. The predicted molar refractivity (Wildman–Crippen MR) is 152 cm³/mol. The van der Waals surface area contributed by atoms with E-state index in [1.165, 1.54) is 0 Å². The van der Waals surface area contributed by atoms with Crippen LogP contribution in [0.15, 0.2) is 36.4 Å². The molecule has 6 rings (SSSR count). The summed E-state index contributed by atoms with van der Waals surface area (Å²) < 4.78 is 5.51. The fraction of sp³-hybridized carbons (Fsp3) is 0.452. The first-order valence-corrected chi connectivity index (χ1v) is 13.7. The number of carbonyl (C=O) groups excluding carboxylic acids is 1. The fourth-order valence-corrected chi connectivity index (χ4v) is 4.96. The summed E-state index contributed by atoms with van der Waals surface area (Å²) in [5.41, 5.74) is 11.4. The van der Waals surface area contributed by atoms with Gasteiger partial charge in [0.2, 0.25) is 0 Å². The van der Waals surface area contributed by atoms with Crippen LogP contribution in [0.2, 0.25) is 0 Å². The largest absolute Gasteiger partial charge is 0.444 e. The highest BCUT2D eigenvalue weighted by Crippen LogP contribution is 2.54. The molecule has 0 aliphatic heterocycles. The van der Waals surface area contributed by atoms with Crippen LogP contribution in [0.5, 0.6) is 0 Å². The van der Waals surface area contributed by atoms with E-state index in [4.69, 9.17) is 20.4 Å². The number of aromatic amines is 2. The van der Waals surface area contributed by atoms with Crippen molar-refractivity contribution in [2.45, 2.75) is 78.0 Å². The lowest BCUT2D eigenvalue weighted by Gasteiger charge is -2.26. The number of carbonyl (C=O) groups is 1. The van der Waals surface area contributed by atoms with Gasteiger partial charge in [-0.2, -0.15) is 0 Å². The zero-order chi connectivity index (χ0) is 27.6. The van der Waals surface area contributed by atoms with Gasteiger partial charge < -0.3 is 25.8 Å². The Morgan fingerprint density at radius 2 is 1.44 bits per heavy atom. The first-order chi connectivity index (χ1) is 18.4. The Labute approximate surface area is 228 Å². The van der Waals surface area contributed by atoms with E-state index in [1.54, 1.807) is 0 Å². The van der Waals surface area contributed by atoms with Gasteiger partial charge in [-0.05, 0) is 93.7 Å². The molecule has 0 bridgehead atoms. The summed E-state index contributed by atoms with van der Waals surface area (Å²) >= 11 is 0. The second-order valence-corrected chi connectivity index (χ2v) is 12.8. The van der Waals surface area contributed by atoms with Crippen LogP contribution in [-0.2, 0) is 4.74 Å². The number of H-pyrrole nitrogens is 2. The molecule has 2 aliphatic rings. The average molecular weight is 525 g/mol. The highest BCUT2D eigenvalue weighted by atomic mass is 16.6. The number of nitrogens with one attached hydrogen (secondary N) is 3. The molecule has 1 amide bonds. The van der Waals surface area contributed by atoms with E-state index in [-0.39, 0.29) is 22.9 Å². The van der Waals surface area contributed by atoms with E-state index in [2.05, 4.69) is 41.0 Å². The van der Waals surface area contributed by atoms with E-state index < -0.39 is 11.7 Å². The Morgan fingerprint density at radius 3 is 1.95 bits per heavy atom. The quantitative estimate of drug-likeness (QED) is 0.238. The summed E-state index contributed by atoms with van der Waals surface area (Å²) in [5.74, 6) is 8.13. The van der Waals surface area contributed by atoms with Gasteiger partial charge in [0.1, 0.15) is 17.2 Å². The number of fused-ring (bicyclic) bond motifs is 2. The molecule has 2 unspecified atom stereocenters. The van der Waals surface area contributed by atoms with Gasteiger partial charge in [0.25, 0.3) is 0 Å². The van der Waals surface area contributed by atoms with E-state index in [0.717, 1.165) is 70.5 Å². The van der Waals surface area contributed by atoms with Gasteiger partial charge >= 0.3 is 6.09 Å².